The first kappa shape index (κ1) is 10.6. The second kappa shape index (κ2) is 3.94. The van der Waals surface area contributed by atoms with Crippen molar-refractivity contribution in [3.63, 3.8) is 0 Å². The van der Waals surface area contributed by atoms with Crippen LogP contribution in [0.4, 0.5) is 0 Å². The summed E-state index contributed by atoms with van der Waals surface area (Å²) in [6.45, 7) is 2.86. The molecule has 0 aliphatic heterocycles. The number of aryl methyl sites for hydroxylation is 1. The first-order valence-electron chi connectivity index (χ1n) is 5.53. The number of H-pyrrole nitrogens is 1. The van der Waals surface area contributed by atoms with Gasteiger partial charge in [0.1, 0.15) is 0 Å². The number of nitrogens with one attached hydrogen (secondary N) is 1. The standard InChI is InChI=1S/C11H20N4/c1-7-11-9(14-13-7)4-8(6-12)5-10(11)15(2)3/h8,10H,4-6,12H2,1-3H3,(H,13,14). The number of aromatic nitrogens is 2. The normalized spacial score (nSPS) is 25.7. The molecule has 15 heavy (non-hydrogen) atoms. The molecule has 1 aliphatic carbocycles. The highest BCUT2D eigenvalue weighted by Crippen LogP contribution is 2.36. The zero-order valence-electron chi connectivity index (χ0n) is 9.75. The third kappa shape index (κ3) is 1.79. The summed E-state index contributed by atoms with van der Waals surface area (Å²) in [5.41, 5.74) is 9.59. The Balaban J connectivity index is 2.36. The molecule has 2 atom stereocenters. The van der Waals surface area contributed by atoms with Crippen molar-refractivity contribution in [1.29, 1.82) is 0 Å². The zero-order chi connectivity index (χ0) is 11.0. The van der Waals surface area contributed by atoms with E-state index in [-0.39, 0.29) is 0 Å². The molecule has 0 radical (unpaired) electrons. The molecule has 84 valence electrons. The minimum absolute atomic E-state index is 0.473. The molecule has 4 nitrogen and oxygen atoms in total. The third-order valence-electron chi connectivity index (χ3n) is 3.40. The molecule has 4 heteroatoms. The van der Waals surface area contributed by atoms with E-state index < -0.39 is 0 Å². The number of rotatable bonds is 2. The molecule has 1 aromatic rings. The van der Waals surface area contributed by atoms with Gasteiger partial charge in [-0.15, -0.1) is 0 Å². The Morgan fingerprint density at radius 1 is 1.53 bits per heavy atom. The van der Waals surface area contributed by atoms with Crippen LogP contribution in [0, 0.1) is 12.8 Å². The fourth-order valence-corrected chi connectivity index (χ4v) is 2.52. The summed E-state index contributed by atoms with van der Waals surface area (Å²) in [5, 5.41) is 7.47. The van der Waals surface area contributed by atoms with Gasteiger partial charge in [-0.2, -0.15) is 5.10 Å². The van der Waals surface area contributed by atoms with Crippen LogP contribution in [0.25, 0.3) is 0 Å². The second-order valence-electron chi connectivity index (χ2n) is 4.73. The molecule has 0 saturated carbocycles. The van der Waals surface area contributed by atoms with Gasteiger partial charge in [-0.05, 0) is 46.3 Å². The minimum atomic E-state index is 0.473. The molecule has 0 saturated heterocycles. The molecule has 0 aromatic carbocycles. The lowest BCUT2D eigenvalue weighted by atomic mass is 9.83. The van der Waals surface area contributed by atoms with Crippen LogP contribution in [0.5, 0.6) is 0 Å². The number of hydrogen-bond donors (Lipinski definition) is 2. The van der Waals surface area contributed by atoms with Gasteiger partial charge in [0.05, 0.1) is 5.69 Å². The third-order valence-corrected chi connectivity index (χ3v) is 3.40. The van der Waals surface area contributed by atoms with Gasteiger partial charge in [0.25, 0.3) is 0 Å². The van der Waals surface area contributed by atoms with E-state index in [1.807, 2.05) is 0 Å². The Morgan fingerprint density at radius 3 is 2.87 bits per heavy atom. The molecule has 2 unspecified atom stereocenters. The van der Waals surface area contributed by atoms with E-state index in [9.17, 15) is 0 Å². The van der Waals surface area contributed by atoms with E-state index in [2.05, 4.69) is 36.1 Å². The van der Waals surface area contributed by atoms with Crippen molar-refractivity contribution < 1.29 is 0 Å². The van der Waals surface area contributed by atoms with Crippen molar-refractivity contribution in [1.82, 2.24) is 15.1 Å². The highest BCUT2D eigenvalue weighted by molar-refractivity contribution is 5.31. The van der Waals surface area contributed by atoms with E-state index in [1.54, 1.807) is 0 Å². The molecular formula is C11H20N4. The SMILES string of the molecule is Cc1[nH]nc2c1C(N(C)C)CC(CN)C2. The van der Waals surface area contributed by atoms with E-state index in [1.165, 1.54) is 17.0 Å². The highest BCUT2D eigenvalue weighted by atomic mass is 15.2. The Labute approximate surface area is 90.8 Å². The molecule has 1 aromatic heterocycles. The molecule has 0 bridgehead atoms. The molecule has 1 heterocycles. The molecule has 0 amide bonds. The van der Waals surface area contributed by atoms with Gasteiger partial charge in [0.15, 0.2) is 0 Å². The number of fused-ring (bicyclic) bond motifs is 1. The average Bonchev–Trinajstić information content (AvgIpc) is 2.59. The van der Waals surface area contributed by atoms with Crippen molar-refractivity contribution in [3.05, 3.63) is 17.0 Å². The van der Waals surface area contributed by atoms with Crippen LogP contribution < -0.4 is 5.73 Å². The van der Waals surface area contributed by atoms with Crippen molar-refractivity contribution in [2.45, 2.75) is 25.8 Å². The molecular weight excluding hydrogens is 188 g/mol. The second-order valence-corrected chi connectivity index (χ2v) is 4.73. The average molecular weight is 208 g/mol. The van der Waals surface area contributed by atoms with Crippen LogP contribution in [-0.4, -0.2) is 35.7 Å². The maximum Gasteiger partial charge on any atom is 0.0676 e. The molecule has 0 fully saturated rings. The predicted molar refractivity (Wildman–Crippen MR) is 60.6 cm³/mol. The minimum Gasteiger partial charge on any atom is -0.330 e. The van der Waals surface area contributed by atoms with Crippen molar-refractivity contribution in [2.24, 2.45) is 11.7 Å². The summed E-state index contributed by atoms with van der Waals surface area (Å²) in [7, 11) is 4.25. The van der Waals surface area contributed by atoms with Gasteiger partial charge < -0.3 is 10.6 Å². The first-order chi connectivity index (χ1) is 7.13. The zero-order valence-corrected chi connectivity index (χ0v) is 9.75. The lowest BCUT2D eigenvalue weighted by Crippen LogP contribution is -2.31. The number of hydrogen-bond acceptors (Lipinski definition) is 3. The van der Waals surface area contributed by atoms with Crippen LogP contribution in [0.1, 0.15) is 29.4 Å². The smallest absolute Gasteiger partial charge is 0.0676 e. The number of nitrogens with two attached hydrogens (primary N) is 1. The van der Waals surface area contributed by atoms with Crippen molar-refractivity contribution in [2.75, 3.05) is 20.6 Å². The summed E-state index contributed by atoms with van der Waals surface area (Å²) in [6, 6.07) is 0.473. The topological polar surface area (TPSA) is 57.9 Å². The number of nitrogens with zero attached hydrogens (tertiary/aromatic N) is 2. The Bertz CT molecular complexity index is 342. The van der Waals surface area contributed by atoms with Crippen LogP contribution in [0.3, 0.4) is 0 Å². The fourth-order valence-electron chi connectivity index (χ4n) is 2.52. The molecule has 0 spiro atoms. The van der Waals surface area contributed by atoms with E-state index in [0.29, 0.717) is 12.0 Å². The summed E-state index contributed by atoms with van der Waals surface area (Å²) in [4.78, 5) is 2.27. The van der Waals surface area contributed by atoms with Crippen LogP contribution >= 0.6 is 0 Å². The number of aromatic amines is 1. The molecule has 1 aliphatic rings. The highest BCUT2D eigenvalue weighted by Gasteiger charge is 2.30. The summed E-state index contributed by atoms with van der Waals surface area (Å²) in [5.74, 6) is 0.576. The van der Waals surface area contributed by atoms with E-state index >= 15 is 0 Å². The Kier molecular flexibility index (Phi) is 2.80. The Hall–Kier alpha value is -0.870. The quantitative estimate of drug-likeness (QED) is 0.757. The summed E-state index contributed by atoms with van der Waals surface area (Å²) < 4.78 is 0. The van der Waals surface area contributed by atoms with Crippen LogP contribution in [0.15, 0.2) is 0 Å². The van der Waals surface area contributed by atoms with Gasteiger partial charge >= 0.3 is 0 Å². The van der Waals surface area contributed by atoms with Crippen molar-refractivity contribution in [3.8, 4) is 0 Å². The summed E-state index contributed by atoms with van der Waals surface area (Å²) >= 11 is 0. The fraction of sp³-hybridized carbons (Fsp3) is 0.727. The van der Waals surface area contributed by atoms with Crippen LogP contribution in [-0.2, 0) is 6.42 Å². The summed E-state index contributed by atoms with van der Waals surface area (Å²) in [6.07, 6.45) is 2.18. The lowest BCUT2D eigenvalue weighted by molar-refractivity contribution is 0.231. The van der Waals surface area contributed by atoms with Gasteiger partial charge in [0, 0.05) is 17.3 Å². The van der Waals surface area contributed by atoms with Gasteiger partial charge in [0.2, 0.25) is 0 Å². The monoisotopic (exact) mass is 208 g/mol. The first-order valence-corrected chi connectivity index (χ1v) is 5.53. The predicted octanol–water partition coefficient (Wildman–Crippen LogP) is 0.842. The van der Waals surface area contributed by atoms with Gasteiger partial charge in [-0.1, -0.05) is 0 Å². The van der Waals surface area contributed by atoms with Crippen LogP contribution in [0.2, 0.25) is 0 Å². The molecule has 2 rings (SSSR count). The van der Waals surface area contributed by atoms with Gasteiger partial charge in [-0.3, -0.25) is 5.10 Å². The van der Waals surface area contributed by atoms with E-state index in [4.69, 9.17) is 5.73 Å². The molecule has 3 N–H and O–H groups in total. The van der Waals surface area contributed by atoms with Gasteiger partial charge in [-0.25, -0.2) is 0 Å². The van der Waals surface area contributed by atoms with Crippen molar-refractivity contribution >= 4 is 0 Å². The Morgan fingerprint density at radius 2 is 2.27 bits per heavy atom. The largest absolute Gasteiger partial charge is 0.330 e. The maximum absolute atomic E-state index is 5.77. The lowest BCUT2D eigenvalue weighted by Gasteiger charge is -2.32. The van der Waals surface area contributed by atoms with E-state index in [0.717, 1.165) is 19.4 Å². The maximum atomic E-state index is 5.77.